The van der Waals surface area contributed by atoms with Crippen LogP contribution >= 0.6 is 11.6 Å². The van der Waals surface area contributed by atoms with Gasteiger partial charge in [0.25, 0.3) is 0 Å². The van der Waals surface area contributed by atoms with Gasteiger partial charge in [-0.3, -0.25) is 4.79 Å². The molecule has 1 heterocycles. The Morgan fingerprint density at radius 1 is 1.15 bits per heavy atom. The van der Waals surface area contributed by atoms with Crippen LogP contribution in [0.25, 0.3) is 5.69 Å². The van der Waals surface area contributed by atoms with E-state index in [4.69, 9.17) is 11.6 Å². The Balaban J connectivity index is 1.65. The van der Waals surface area contributed by atoms with Crippen molar-refractivity contribution in [3.05, 3.63) is 76.4 Å². The molecule has 0 radical (unpaired) electrons. The second-order valence-corrected chi connectivity index (χ2v) is 7.06. The smallest absolute Gasteiger partial charge is 0.239 e. The van der Waals surface area contributed by atoms with E-state index in [0.717, 1.165) is 16.9 Å². The molecule has 140 valence electrons. The topological polar surface area (TPSA) is 59.0 Å². The predicted octanol–water partition coefficient (Wildman–Crippen LogP) is 4.43. The Bertz CT molecular complexity index is 934. The first-order chi connectivity index (χ1) is 12.9. The number of aromatic nitrogens is 2. The van der Waals surface area contributed by atoms with Crippen LogP contribution in [0.4, 0.5) is 5.82 Å². The number of nitrogens with zero attached hydrogens (tertiary/aromatic N) is 2. The van der Waals surface area contributed by atoms with Crippen molar-refractivity contribution in [1.82, 2.24) is 15.1 Å². The summed E-state index contributed by atoms with van der Waals surface area (Å²) in [6, 6.07) is 17.5. The maximum Gasteiger partial charge on any atom is 0.239 e. The van der Waals surface area contributed by atoms with E-state index in [1.807, 2.05) is 75.4 Å². The maximum atomic E-state index is 12.4. The fraction of sp³-hybridized carbons (Fsp3) is 0.238. The number of rotatable bonds is 6. The van der Waals surface area contributed by atoms with Crippen LogP contribution in [0.1, 0.15) is 29.8 Å². The summed E-state index contributed by atoms with van der Waals surface area (Å²) in [5.41, 5.74) is 3.96. The molecule has 0 saturated heterocycles. The Kier molecular flexibility index (Phi) is 5.94. The highest BCUT2D eigenvalue weighted by Gasteiger charge is 2.12. The first kappa shape index (κ1) is 19.1. The van der Waals surface area contributed by atoms with Crippen molar-refractivity contribution in [2.24, 2.45) is 0 Å². The Labute approximate surface area is 164 Å². The average Bonchev–Trinajstić information content (AvgIpc) is 3.00. The number of carbonyl (C=O) groups is 1. The highest BCUT2D eigenvalue weighted by atomic mass is 35.5. The zero-order valence-corrected chi connectivity index (χ0v) is 16.4. The van der Waals surface area contributed by atoms with E-state index in [1.54, 1.807) is 4.68 Å². The molecular weight excluding hydrogens is 360 g/mol. The van der Waals surface area contributed by atoms with Gasteiger partial charge < -0.3 is 10.6 Å². The maximum absolute atomic E-state index is 12.4. The third-order valence-corrected chi connectivity index (χ3v) is 4.53. The van der Waals surface area contributed by atoms with Crippen molar-refractivity contribution in [3.8, 4) is 5.69 Å². The lowest BCUT2D eigenvalue weighted by molar-refractivity contribution is -0.115. The summed E-state index contributed by atoms with van der Waals surface area (Å²) >= 11 is 6.03. The van der Waals surface area contributed by atoms with Gasteiger partial charge in [0.1, 0.15) is 5.82 Å². The molecular formula is C21H23ClN4O. The number of benzene rings is 2. The molecule has 3 rings (SSSR count). The van der Waals surface area contributed by atoms with Crippen molar-refractivity contribution >= 4 is 23.3 Å². The fourth-order valence-corrected chi connectivity index (χ4v) is 3.00. The number of aryl methyl sites for hydroxylation is 2. The predicted molar refractivity (Wildman–Crippen MR) is 110 cm³/mol. The molecule has 5 nitrogen and oxygen atoms in total. The van der Waals surface area contributed by atoms with Crippen molar-refractivity contribution in [3.63, 3.8) is 0 Å². The van der Waals surface area contributed by atoms with Crippen LogP contribution in [0.15, 0.2) is 54.6 Å². The zero-order valence-electron chi connectivity index (χ0n) is 15.7. The third-order valence-electron chi connectivity index (χ3n) is 4.30. The van der Waals surface area contributed by atoms with Crippen LogP contribution in [0.5, 0.6) is 0 Å². The van der Waals surface area contributed by atoms with E-state index in [2.05, 4.69) is 15.7 Å². The number of carbonyl (C=O) groups excluding carboxylic acids is 1. The van der Waals surface area contributed by atoms with Gasteiger partial charge >= 0.3 is 0 Å². The number of amides is 1. The standard InChI is InChI=1S/C21H23ClN4O/c1-14-7-9-19(10-8-14)26-20(11-15(2)25-26)24-21(27)13-23-16(3)17-5-4-6-18(22)12-17/h4-12,16,23H,13H2,1-3H3,(H,24,27)/t16-/m0/s1. The highest BCUT2D eigenvalue weighted by Crippen LogP contribution is 2.19. The van der Waals surface area contributed by atoms with Gasteiger partial charge in [0.2, 0.25) is 5.91 Å². The van der Waals surface area contributed by atoms with E-state index in [0.29, 0.717) is 10.8 Å². The molecule has 0 aliphatic rings. The fourth-order valence-electron chi connectivity index (χ4n) is 2.80. The normalized spacial score (nSPS) is 12.0. The van der Waals surface area contributed by atoms with Gasteiger partial charge in [0, 0.05) is 17.1 Å². The lowest BCUT2D eigenvalue weighted by atomic mass is 10.1. The second-order valence-electron chi connectivity index (χ2n) is 6.62. The largest absolute Gasteiger partial charge is 0.309 e. The number of halogens is 1. The van der Waals surface area contributed by atoms with Crippen LogP contribution in [0, 0.1) is 13.8 Å². The van der Waals surface area contributed by atoms with Crippen molar-refractivity contribution in [2.45, 2.75) is 26.8 Å². The molecule has 0 aliphatic carbocycles. The number of anilines is 1. The van der Waals surface area contributed by atoms with E-state index in [-0.39, 0.29) is 18.5 Å². The SMILES string of the molecule is Cc1ccc(-n2nc(C)cc2NC(=O)CN[C@@H](C)c2cccc(Cl)c2)cc1. The van der Waals surface area contributed by atoms with Gasteiger partial charge in [-0.1, -0.05) is 41.4 Å². The molecule has 0 saturated carbocycles. The lowest BCUT2D eigenvalue weighted by Crippen LogP contribution is -2.30. The summed E-state index contributed by atoms with van der Waals surface area (Å²) in [6.45, 7) is 6.12. The molecule has 0 aliphatic heterocycles. The summed E-state index contributed by atoms with van der Waals surface area (Å²) < 4.78 is 1.74. The van der Waals surface area contributed by atoms with Crippen LogP contribution in [-0.2, 0) is 4.79 Å². The van der Waals surface area contributed by atoms with Gasteiger partial charge in [0.15, 0.2) is 0 Å². The molecule has 2 aromatic carbocycles. The average molecular weight is 383 g/mol. The van der Waals surface area contributed by atoms with Gasteiger partial charge in [0.05, 0.1) is 17.9 Å². The molecule has 2 N–H and O–H groups in total. The Morgan fingerprint density at radius 2 is 1.89 bits per heavy atom. The van der Waals surface area contributed by atoms with Crippen molar-refractivity contribution < 1.29 is 4.79 Å². The summed E-state index contributed by atoms with van der Waals surface area (Å²) in [4.78, 5) is 12.4. The first-order valence-electron chi connectivity index (χ1n) is 8.85. The van der Waals surface area contributed by atoms with Crippen LogP contribution in [0.3, 0.4) is 0 Å². The van der Waals surface area contributed by atoms with Crippen LogP contribution in [0.2, 0.25) is 5.02 Å². The van der Waals surface area contributed by atoms with Crippen molar-refractivity contribution in [1.29, 1.82) is 0 Å². The molecule has 1 amide bonds. The molecule has 1 aromatic heterocycles. The van der Waals surface area contributed by atoms with Crippen LogP contribution in [-0.4, -0.2) is 22.2 Å². The second kappa shape index (κ2) is 8.37. The molecule has 3 aromatic rings. The summed E-state index contributed by atoms with van der Waals surface area (Å²) in [5, 5.41) is 11.3. The lowest BCUT2D eigenvalue weighted by Gasteiger charge is -2.15. The van der Waals surface area contributed by atoms with Crippen molar-refractivity contribution in [2.75, 3.05) is 11.9 Å². The van der Waals surface area contributed by atoms with E-state index in [1.165, 1.54) is 5.56 Å². The first-order valence-corrected chi connectivity index (χ1v) is 9.22. The number of nitrogens with one attached hydrogen (secondary N) is 2. The van der Waals surface area contributed by atoms with Gasteiger partial charge in [-0.15, -0.1) is 0 Å². The molecule has 1 atom stereocenters. The summed E-state index contributed by atoms with van der Waals surface area (Å²) in [7, 11) is 0. The number of hydrogen-bond acceptors (Lipinski definition) is 3. The monoisotopic (exact) mass is 382 g/mol. The molecule has 6 heteroatoms. The minimum atomic E-state index is -0.128. The van der Waals surface area contributed by atoms with Gasteiger partial charge in [-0.25, -0.2) is 4.68 Å². The zero-order chi connectivity index (χ0) is 19.4. The molecule has 0 bridgehead atoms. The van der Waals surface area contributed by atoms with Gasteiger partial charge in [-0.05, 0) is 50.6 Å². The number of hydrogen-bond donors (Lipinski definition) is 2. The minimum Gasteiger partial charge on any atom is -0.309 e. The van der Waals surface area contributed by atoms with E-state index >= 15 is 0 Å². The summed E-state index contributed by atoms with van der Waals surface area (Å²) in [5.74, 6) is 0.524. The van der Waals surface area contributed by atoms with Crippen LogP contribution < -0.4 is 10.6 Å². The van der Waals surface area contributed by atoms with Gasteiger partial charge in [-0.2, -0.15) is 5.10 Å². The Morgan fingerprint density at radius 3 is 2.59 bits per heavy atom. The summed E-state index contributed by atoms with van der Waals surface area (Å²) in [6.07, 6.45) is 0. The molecule has 0 fully saturated rings. The molecule has 0 spiro atoms. The third kappa shape index (κ3) is 4.96. The van der Waals surface area contributed by atoms with E-state index in [9.17, 15) is 4.79 Å². The quantitative estimate of drug-likeness (QED) is 0.663. The van der Waals surface area contributed by atoms with E-state index < -0.39 is 0 Å². The highest BCUT2D eigenvalue weighted by molar-refractivity contribution is 6.30. The molecule has 27 heavy (non-hydrogen) atoms. The minimum absolute atomic E-state index is 0.0122. The Hall–Kier alpha value is -2.63. The molecule has 0 unspecified atom stereocenters.